The molecule has 0 fully saturated rings. The van der Waals surface area contributed by atoms with E-state index in [1.165, 1.54) is 68.8 Å². The molecule has 0 bridgehead atoms. The van der Waals surface area contributed by atoms with Crippen LogP contribution < -0.4 is 15.4 Å². The van der Waals surface area contributed by atoms with Gasteiger partial charge in [-0.2, -0.15) is 0 Å². The van der Waals surface area contributed by atoms with E-state index >= 15 is 0 Å². The Morgan fingerprint density at radius 2 is 1.64 bits per heavy atom. The lowest BCUT2D eigenvalue weighted by molar-refractivity contribution is -0.384. The number of carbonyl (C=O) groups is 3. The molecule has 0 unspecified atom stereocenters. The summed E-state index contributed by atoms with van der Waals surface area (Å²) in [5.41, 5.74) is 1.02. The maximum Gasteiger partial charge on any atom is 0.337 e. The van der Waals surface area contributed by atoms with Gasteiger partial charge in [0.25, 0.3) is 17.5 Å². The van der Waals surface area contributed by atoms with Gasteiger partial charge in [-0.1, -0.05) is 15.9 Å². The lowest BCUT2D eigenvalue weighted by Gasteiger charge is -2.13. The number of anilines is 1. The third-order valence-electron chi connectivity index (χ3n) is 4.88. The van der Waals surface area contributed by atoms with Gasteiger partial charge in [0.2, 0.25) is 0 Å². The maximum absolute atomic E-state index is 13.1. The molecule has 0 saturated carbocycles. The van der Waals surface area contributed by atoms with Gasteiger partial charge in [0.05, 0.1) is 30.3 Å². The number of carbonyl (C=O) groups excluding carboxylic acids is 3. The van der Waals surface area contributed by atoms with Crippen molar-refractivity contribution in [3.8, 4) is 5.75 Å². The van der Waals surface area contributed by atoms with E-state index in [2.05, 4.69) is 31.3 Å². The summed E-state index contributed by atoms with van der Waals surface area (Å²) in [4.78, 5) is 48.2. The molecule has 3 rings (SSSR count). The molecule has 0 aromatic heterocycles. The molecule has 3 aromatic carbocycles. The van der Waals surface area contributed by atoms with Crippen molar-refractivity contribution in [3.05, 3.63) is 104 Å². The molecule has 0 heterocycles. The van der Waals surface area contributed by atoms with Gasteiger partial charge < -0.3 is 20.1 Å². The second-order valence-corrected chi connectivity index (χ2v) is 8.14. The van der Waals surface area contributed by atoms with E-state index < -0.39 is 22.7 Å². The van der Waals surface area contributed by atoms with Crippen LogP contribution in [0.2, 0.25) is 0 Å². The summed E-state index contributed by atoms with van der Waals surface area (Å²) in [5.74, 6) is -1.51. The molecule has 0 atom stereocenters. The molecule has 2 N–H and O–H groups in total. The zero-order chi connectivity index (χ0) is 26.2. The van der Waals surface area contributed by atoms with Crippen LogP contribution in [0, 0.1) is 10.1 Å². The van der Waals surface area contributed by atoms with Crippen LogP contribution in [-0.4, -0.2) is 36.9 Å². The van der Waals surface area contributed by atoms with Crippen LogP contribution in [-0.2, 0) is 9.53 Å². The lowest BCUT2D eigenvalue weighted by Crippen LogP contribution is -2.31. The van der Waals surface area contributed by atoms with Gasteiger partial charge in [0.15, 0.2) is 0 Å². The van der Waals surface area contributed by atoms with E-state index in [1.807, 2.05) is 0 Å². The first kappa shape index (κ1) is 26.1. The first-order valence-corrected chi connectivity index (χ1v) is 11.1. The first-order valence-electron chi connectivity index (χ1n) is 10.3. The highest BCUT2D eigenvalue weighted by molar-refractivity contribution is 9.10. The number of esters is 1. The number of ether oxygens (including phenoxy) is 2. The Kier molecular flexibility index (Phi) is 8.52. The molecule has 0 saturated heterocycles. The number of non-ortho nitro benzene ring substituents is 1. The van der Waals surface area contributed by atoms with Crippen molar-refractivity contribution in [1.29, 1.82) is 0 Å². The number of hydrogen-bond donors (Lipinski definition) is 2. The van der Waals surface area contributed by atoms with Crippen LogP contribution in [0.5, 0.6) is 5.75 Å². The van der Waals surface area contributed by atoms with Gasteiger partial charge in [-0.25, -0.2) is 4.79 Å². The first-order chi connectivity index (χ1) is 17.2. The summed E-state index contributed by atoms with van der Waals surface area (Å²) in [5, 5.41) is 16.2. The number of rotatable bonds is 8. The van der Waals surface area contributed by atoms with E-state index in [9.17, 15) is 24.5 Å². The molecule has 0 aliphatic heterocycles. The van der Waals surface area contributed by atoms with Gasteiger partial charge in [-0.3, -0.25) is 19.7 Å². The standard InChI is InChI=1S/C25H20BrN3O7/c1-35-22-12-7-17(26)14-20(22)23(30)28-21(13-15-3-10-19(11-4-15)29(33)34)24(31)27-18-8-5-16(6-9-18)25(32)36-2/h3-14H,1-2H3,(H,27,31)(H,28,30)/b21-13-. The number of nitro benzene ring substituents is 1. The van der Waals surface area contributed by atoms with E-state index in [-0.39, 0.29) is 16.9 Å². The molecular weight excluding hydrogens is 534 g/mol. The number of benzene rings is 3. The van der Waals surface area contributed by atoms with Gasteiger partial charge >= 0.3 is 5.97 Å². The molecule has 184 valence electrons. The third kappa shape index (κ3) is 6.54. The predicted octanol–water partition coefficient (Wildman–Crippen LogP) is 4.56. The van der Waals surface area contributed by atoms with Crippen molar-refractivity contribution in [3.63, 3.8) is 0 Å². The Balaban J connectivity index is 1.92. The van der Waals surface area contributed by atoms with Crippen molar-refractivity contribution in [1.82, 2.24) is 5.32 Å². The van der Waals surface area contributed by atoms with Crippen molar-refractivity contribution in [2.45, 2.75) is 0 Å². The number of hydrogen-bond acceptors (Lipinski definition) is 7. The number of halogens is 1. The fourth-order valence-electron chi connectivity index (χ4n) is 3.07. The van der Waals surface area contributed by atoms with Crippen LogP contribution in [0.3, 0.4) is 0 Å². The summed E-state index contributed by atoms with van der Waals surface area (Å²) < 4.78 is 10.5. The fraction of sp³-hybridized carbons (Fsp3) is 0.0800. The lowest BCUT2D eigenvalue weighted by atomic mass is 10.1. The number of nitrogens with one attached hydrogen (secondary N) is 2. The number of nitrogens with zero attached hydrogens (tertiary/aromatic N) is 1. The van der Waals surface area contributed by atoms with Gasteiger partial charge in [0.1, 0.15) is 11.4 Å². The summed E-state index contributed by atoms with van der Waals surface area (Å²) in [6.45, 7) is 0. The van der Waals surface area contributed by atoms with Crippen molar-refractivity contribution < 1.29 is 28.8 Å². The zero-order valence-electron chi connectivity index (χ0n) is 19.1. The highest BCUT2D eigenvalue weighted by Crippen LogP contribution is 2.23. The molecule has 11 heteroatoms. The third-order valence-corrected chi connectivity index (χ3v) is 5.37. The van der Waals surface area contributed by atoms with Gasteiger partial charge in [0, 0.05) is 22.3 Å². The van der Waals surface area contributed by atoms with Crippen LogP contribution in [0.25, 0.3) is 6.08 Å². The van der Waals surface area contributed by atoms with Crippen LogP contribution in [0.1, 0.15) is 26.3 Å². The number of methoxy groups -OCH3 is 2. The molecular formula is C25H20BrN3O7. The highest BCUT2D eigenvalue weighted by Gasteiger charge is 2.19. The minimum absolute atomic E-state index is 0.119. The Morgan fingerprint density at radius 3 is 2.22 bits per heavy atom. The minimum Gasteiger partial charge on any atom is -0.496 e. The average Bonchev–Trinajstić information content (AvgIpc) is 2.88. The van der Waals surface area contributed by atoms with Gasteiger partial charge in [-0.05, 0) is 66.2 Å². The minimum atomic E-state index is -0.665. The summed E-state index contributed by atoms with van der Waals surface area (Å²) in [6.07, 6.45) is 1.38. The van der Waals surface area contributed by atoms with Crippen molar-refractivity contribution >= 4 is 51.2 Å². The number of amides is 2. The molecule has 0 radical (unpaired) electrons. The van der Waals surface area contributed by atoms with E-state index in [0.717, 1.165) is 0 Å². The van der Waals surface area contributed by atoms with E-state index in [0.29, 0.717) is 27.0 Å². The Morgan fingerprint density at radius 1 is 0.972 bits per heavy atom. The molecule has 0 spiro atoms. The van der Waals surface area contributed by atoms with Crippen molar-refractivity contribution in [2.75, 3.05) is 19.5 Å². The SMILES string of the molecule is COC(=O)c1ccc(NC(=O)/C(=C/c2ccc([N+](=O)[O-])cc2)NC(=O)c2cc(Br)ccc2OC)cc1. The predicted molar refractivity (Wildman–Crippen MR) is 136 cm³/mol. The normalized spacial score (nSPS) is 10.8. The smallest absolute Gasteiger partial charge is 0.337 e. The summed E-state index contributed by atoms with van der Waals surface area (Å²) >= 11 is 3.31. The summed E-state index contributed by atoms with van der Waals surface area (Å²) in [6, 6.07) is 16.3. The highest BCUT2D eigenvalue weighted by atomic mass is 79.9. The number of nitro groups is 1. The van der Waals surface area contributed by atoms with E-state index in [1.54, 1.807) is 18.2 Å². The topological polar surface area (TPSA) is 137 Å². The quantitative estimate of drug-likeness (QED) is 0.180. The largest absolute Gasteiger partial charge is 0.496 e. The Labute approximate surface area is 214 Å². The fourth-order valence-corrected chi connectivity index (χ4v) is 3.43. The molecule has 3 aromatic rings. The second kappa shape index (κ2) is 11.8. The molecule has 0 aliphatic rings. The zero-order valence-corrected chi connectivity index (χ0v) is 20.7. The molecule has 10 nitrogen and oxygen atoms in total. The van der Waals surface area contributed by atoms with Gasteiger partial charge in [-0.15, -0.1) is 0 Å². The van der Waals surface area contributed by atoms with Crippen LogP contribution in [0.4, 0.5) is 11.4 Å². The summed E-state index contributed by atoms with van der Waals surface area (Å²) in [7, 11) is 2.68. The van der Waals surface area contributed by atoms with E-state index in [4.69, 9.17) is 4.74 Å². The van der Waals surface area contributed by atoms with Crippen molar-refractivity contribution in [2.24, 2.45) is 0 Å². The molecule has 36 heavy (non-hydrogen) atoms. The van der Waals surface area contributed by atoms with Crippen LogP contribution in [0.15, 0.2) is 76.9 Å². The monoisotopic (exact) mass is 553 g/mol. The Hall–Kier alpha value is -4.51. The molecule has 2 amide bonds. The van der Waals surface area contributed by atoms with Crippen LogP contribution >= 0.6 is 15.9 Å². The Bertz CT molecular complexity index is 1340. The molecule has 0 aliphatic carbocycles. The maximum atomic E-state index is 13.1. The average molecular weight is 554 g/mol. The second-order valence-electron chi connectivity index (χ2n) is 7.23.